The molecular weight excluding hydrogens is 502 g/mol. The van der Waals surface area contributed by atoms with Gasteiger partial charge in [-0.25, -0.2) is 8.42 Å². The minimum absolute atomic E-state index is 0.103. The maximum absolute atomic E-state index is 13.9. The van der Waals surface area contributed by atoms with Crippen LogP contribution < -0.4 is 14.4 Å². The molecule has 0 bridgehead atoms. The van der Waals surface area contributed by atoms with E-state index in [2.05, 4.69) is 5.32 Å². The molecule has 0 radical (unpaired) electrons. The summed E-state index contributed by atoms with van der Waals surface area (Å²) in [4.78, 5) is 28.9. The van der Waals surface area contributed by atoms with Gasteiger partial charge in [-0.05, 0) is 74.1 Å². The Morgan fingerprint density at radius 2 is 1.63 bits per heavy atom. The van der Waals surface area contributed by atoms with Crippen molar-refractivity contribution < 1.29 is 22.7 Å². The number of carbonyl (C=O) groups is 2. The van der Waals surface area contributed by atoms with Crippen LogP contribution in [0.4, 0.5) is 5.69 Å². The second kappa shape index (κ2) is 13.1. The standard InChI is InChI=1S/C29H41N3O5S/c1-6-27(29(34)30-24-10-8-7-9-11-24)31(19-23-12-14-26(37-4)15-13-23)28(33)20-32(38(5,35)36)25-17-21(2)16-22(3)18-25/h12-18,24,27H,6-11,19-20H2,1-5H3,(H,30,34)/t27-/m0/s1. The number of rotatable bonds is 11. The predicted molar refractivity (Wildman–Crippen MR) is 151 cm³/mol. The summed E-state index contributed by atoms with van der Waals surface area (Å²) in [5.74, 6) is 0.0568. The van der Waals surface area contributed by atoms with Gasteiger partial charge in [0.15, 0.2) is 0 Å². The Morgan fingerprint density at radius 3 is 2.16 bits per heavy atom. The number of nitrogens with zero attached hydrogens (tertiary/aromatic N) is 2. The average molecular weight is 544 g/mol. The number of benzene rings is 2. The van der Waals surface area contributed by atoms with Crippen molar-refractivity contribution in [2.24, 2.45) is 0 Å². The molecule has 0 unspecified atom stereocenters. The van der Waals surface area contributed by atoms with Crippen LogP contribution in [0.3, 0.4) is 0 Å². The molecule has 1 aliphatic rings. The first-order valence-electron chi connectivity index (χ1n) is 13.3. The molecule has 0 aliphatic heterocycles. The van der Waals surface area contributed by atoms with Crippen LogP contribution in [0.5, 0.6) is 5.75 Å². The summed E-state index contributed by atoms with van der Waals surface area (Å²) in [5.41, 5.74) is 3.05. The first-order valence-corrected chi connectivity index (χ1v) is 15.2. The zero-order valence-electron chi connectivity index (χ0n) is 23.2. The first kappa shape index (κ1) is 29.5. The Balaban J connectivity index is 1.93. The van der Waals surface area contributed by atoms with Crippen molar-refractivity contribution in [2.75, 3.05) is 24.2 Å². The summed E-state index contributed by atoms with van der Waals surface area (Å²) >= 11 is 0. The molecule has 2 aromatic rings. The molecule has 1 fully saturated rings. The molecule has 0 saturated heterocycles. The number of hydrogen-bond donors (Lipinski definition) is 1. The monoisotopic (exact) mass is 543 g/mol. The van der Waals surface area contributed by atoms with Crippen molar-refractivity contribution in [1.82, 2.24) is 10.2 Å². The number of amides is 2. The number of methoxy groups -OCH3 is 1. The zero-order chi connectivity index (χ0) is 27.9. The van der Waals surface area contributed by atoms with Gasteiger partial charge < -0.3 is 15.0 Å². The van der Waals surface area contributed by atoms with Crippen LogP contribution >= 0.6 is 0 Å². The zero-order valence-corrected chi connectivity index (χ0v) is 24.0. The predicted octanol–water partition coefficient (Wildman–Crippen LogP) is 4.33. The van der Waals surface area contributed by atoms with E-state index in [0.717, 1.165) is 52.9 Å². The van der Waals surface area contributed by atoms with Gasteiger partial charge in [0.1, 0.15) is 18.3 Å². The minimum Gasteiger partial charge on any atom is -0.497 e. The lowest BCUT2D eigenvalue weighted by Gasteiger charge is -2.34. The van der Waals surface area contributed by atoms with Gasteiger partial charge in [0.05, 0.1) is 19.1 Å². The van der Waals surface area contributed by atoms with E-state index in [1.165, 1.54) is 11.3 Å². The SMILES string of the molecule is CC[C@@H](C(=O)NC1CCCCC1)N(Cc1ccc(OC)cc1)C(=O)CN(c1cc(C)cc(C)c1)S(C)(=O)=O. The lowest BCUT2D eigenvalue weighted by atomic mass is 9.95. The van der Waals surface area contributed by atoms with Gasteiger partial charge >= 0.3 is 0 Å². The quantitative estimate of drug-likeness (QED) is 0.455. The van der Waals surface area contributed by atoms with Crippen LogP contribution in [0, 0.1) is 13.8 Å². The second-order valence-electron chi connectivity index (χ2n) is 10.3. The van der Waals surface area contributed by atoms with Crippen molar-refractivity contribution in [2.45, 2.75) is 77.9 Å². The first-order chi connectivity index (χ1) is 18.0. The Morgan fingerprint density at radius 1 is 1.03 bits per heavy atom. The van der Waals surface area contributed by atoms with E-state index in [4.69, 9.17) is 4.74 Å². The van der Waals surface area contributed by atoms with Crippen LogP contribution in [-0.4, -0.2) is 57.1 Å². The Bertz CT molecular complexity index is 1190. The fourth-order valence-corrected chi connectivity index (χ4v) is 5.93. The molecule has 38 heavy (non-hydrogen) atoms. The molecule has 1 aliphatic carbocycles. The van der Waals surface area contributed by atoms with E-state index in [1.54, 1.807) is 31.4 Å². The normalized spacial score (nSPS) is 15.0. The summed E-state index contributed by atoms with van der Waals surface area (Å²) < 4.78 is 32.1. The third-order valence-corrected chi connectivity index (χ3v) is 8.16. The van der Waals surface area contributed by atoms with Gasteiger partial charge in [0, 0.05) is 12.6 Å². The third-order valence-electron chi connectivity index (χ3n) is 7.02. The maximum Gasteiger partial charge on any atom is 0.244 e. The summed E-state index contributed by atoms with van der Waals surface area (Å²) in [6.45, 7) is 5.42. The van der Waals surface area contributed by atoms with Crippen LogP contribution in [0.15, 0.2) is 42.5 Å². The molecular formula is C29H41N3O5S. The fourth-order valence-electron chi connectivity index (χ4n) is 5.10. The molecule has 1 atom stereocenters. The Kier molecular flexibility index (Phi) is 10.2. The number of aryl methyl sites for hydroxylation is 2. The molecule has 0 heterocycles. The lowest BCUT2D eigenvalue weighted by Crippen LogP contribution is -2.53. The highest BCUT2D eigenvalue weighted by molar-refractivity contribution is 7.92. The topological polar surface area (TPSA) is 96.0 Å². The number of sulfonamides is 1. The van der Waals surface area contributed by atoms with Gasteiger partial charge in [-0.15, -0.1) is 0 Å². The van der Waals surface area contributed by atoms with Crippen molar-refractivity contribution >= 4 is 27.5 Å². The number of anilines is 1. The van der Waals surface area contributed by atoms with E-state index in [0.29, 0.717) is 17.9 Å². The van der Waals surface area contributed by atoms with Crippen molar-refractivity contribution in [3.63, 3.8) is 0 Å². The number of hydrogen-bond acceptors (Lipinski definition) is 5. The number of nitrogens with one attached hydrogen (secondary N) is 1. The minimum atomic E-state index is -3.77. The third kappa shape index (κ3) is 7.96. The molecule has 3 rings (SSSR count). The molecule has 2 amide bonds. The average Bonchev–Trinajstić information content (AvgIpc) is 2.86. The summed E-state index contributed by atoms with van der Waals surface area (Å²) in [6.07, 6.45) is 6.70. The van der Waals surface area contributed by atoms with Crippen LogP contribution in [0.25, 0.3) is 0 Å². The number of ether oxygens (including phenoxy) is 1. The lowest BCUT2D eigenvalue weighted by molar-refractivity contribution is -0.140. The summed E-state index contributed by atoms with van der Waals surface area (Å²) in [5, 5.41) is 3.15. The summed E-state index contributed by atoms with van der Waals surface area (Å²) in [6, 6.07) is 12.1. The maximum atomic E-state index is 13.9. The molecule has 9 heteroatoms. The Labute approximate surface area is 227 Å². The second-order valence-corrected chi connectivity index (χ2v) is 12.2. The van der Waals surface area contributed by atoms with E-state index < -0.39 is 28.5 Å². The van der Waals surface area contributed by atoms with Gasteiger partial charge in [0.2, 0.25) is 21.8 Å². The highest BCUT2D eigenvalue weighted by Gasteiger charge is 2.33. The van der Waals surface area contributed by atoms with Gasteiger partial charge in [-0.1, -0.05) is 44.4 Å². The van der Waals surface area contributed by atoms with Crippen molar-refractivity contribution in [3.8, 4) is 5.75 Å². The fraction of sp³-hybridized carbons (Fsp3) is 0.517. The molecule has 1 saturated carbocycles. The number of carbonyl (C=O) groups excluding carboxylic acids is 2. The molecule has 2 aromatic carbocycles. The van der Waals surface area contributed by atoms with E-state index in [-0.39, 0.29) is 18.5 Å². The van der Waals surface area contributed by atoms with Crippen LogP contribution in [0.2, 0.25) is 0 Å². The van der Waals surface area contributed by atoms with Crippen LogP contribution in [-0.2, 0) is 26.2 Å². The Hall–Kier alpha value is -3.07. The van der Waals surface area contributed by atoms with Crippen molar-refractivity contribution in [3.05, 3.63) is 59.2 Å². The van der Waals surface area contributed by atoms with Crippen molar-refractivity contribution in [1.29, 1.82) is 0 Å². The molecule has 8 nitrogen and oxygen atoms in total. The molecule has 0 spiro atoms. The van der Waals surface area contributed by atoms with E-state index in [1.807, 2.05) is 39.0 Å². The summed E-state index contributed by atoms with van der Waals surface area (Å²) in [7, 11) is -2.18. The molecule has 1 N–H and O–H groups in total. The van der Waals surface area contributed by atoms with E-state index in [9.17, 15) is 18.0 Å². The van der Waals surface area contributed by atoms with Gasteiger partial charge in [0.25, 0.3) is 0 Å². The van der Waals surface area contributed by atoms with Gasteiger partial charge in [-0.3, -0.25) is 13.9 Å². The molecule has 208 valence electrons. The smallest absolute Gasteiger partial charge is 0.244 e. The highest BCUT2D eigenvalue weighted by atomic mass is 32.2. The van der Waals surface area contributed by atoms with E-state index >= 15 is 0 Å². The highest BCUT2D eigenvalue weighted by Crippen LogP contribution is 2.24. The van der Waals surface area contributed by atoms with Gasteiger partial charge in [-0.2, -0.15) is 0 Å². The molecule has 0 aromatic heterocycles. The largest absolute Gasteiger partial charge is 0.497 e. The van der Waals surface area contributed by atoms with Crippen LogP contribution in [0.1, 0.15) is 62.1 Å².